The zero-order valence-corrected chi connectivity index (χ0v) is 17.6. The molecule has 0 radical (unpaired) electrons. The van der Waals surface area contributed by atoms with Crippen molar-refractivity contribution in [3.63, 3.8) is 0 Å². The van der Waals surface area contributed by atoms with Crippen LogP contribution in [0.5, 0.6) is 0 Å². The lowest BCUT2D eigenvalue weighted by molar-refractivity contribution is -0.302. The van der Waals surface area contributed by atoms with Gasteiger partial charge in [0.1, 0.15) is 0 Å². The summed E-state index contributed by atoms with van der Waals surface area (Å²) in [6.45, 7) is -0.543. The van der Waals surface area contributed by atoms with Crippen LogP contribution in [-0.4, -0.2) is 78.2 Å². The molecule has 2 heterocycles. The van der Waals surface area contributed by atoms with E-state index in [9.17, 15) is 36.2 Å². The molecule has 0 saturated carbocycles. The first-order chi connectivity index (χ1) is 14.8. The Balaban J connectivity index is 1.96. The fraction of sp³-hybridized carbons (Fsp3) is 0.632. The Hall–Kier alpha value is -1.92. The molecular formula is C19H23ClF6N4O2. The Kier molecular flexibility index (Phi) is 7.06. The van der Waals surface area contributed by atoms with Crippen LogP contribution in [0.3, 0.4) is 0 Å². The van der Waals surface area contributed by atoms with Gasteiger partial charge in [-0.25, -0.2) is 4.79 Å². The maximum Gasteiger partial charge on any atom is 0.407 e. The van der Waals surface area contributed by atoms with Gasteiger partial charge in [-0.1, -0.05) is 17.7 Å². The number of carbonyl (C=O) groups is 1. The highest BCUT2D eigenvalue weighted by Crippen LogP contribution is 2.44. The maximum absolute atomic E-state index is 13.5. The van der Waals surface area contributed by atoms with E-state index in [4.69, 9.17) is 17.3 Å². The molecule has 0 aliphatic carbocycles. The number of nitrogens with two attached hydrogens (primary N) is 1. The molecule has 1 aromatic rings. The first-order valence-electron chi connectivity index (χ1n) is 9.91. The number of halogens is 7. The fourth-order valence-electron chi connectivity index (χ4n) is 4.35. The summed E-state index contributed by atoms with van der Waals surface area (Å²) >= 11 is 6.09. The number of hydrogen-bond donors (Lipinski definition) is 2. The topological polar surface area (TPSA) is 73.0 Å². The summed E-state index contributed by atoms with van der Waals surface area (Å²) in [6, 6.07) is 2.47. The standard InChI is InChI=1S/C19H23ClF6N4O2/c20-12-2-1-11(14(7-12)28-4-3-13(27)9-28)8-29-5-6-30(17(31)32)10-15(29)16(18(21,22)23)19(24,25)26/h1-2,7,13,15-16H,3-6,8-10,27H2,(H,31,32). The van der Waals surface area contributed by atoms with Crippen LogP contribution in [0, 0.1) is 5.92 Å². The van der Waals surface area contributed by atoms with Crippen LogP contribution in [0.1, 0.15) is 12.0 Å². The number of alkyl halides is 6. The van der Waals surface area contributed by atoms with Gasteiger partial charge in [0, 0.05) is 62.1 Å². The molecule has 2 saturated heterocycles. The average molecular weight is 489 g/mol. The zero-order valence-electron chi connectivity index (χ0n) is 16.8. The number of nitrogens with zero attached hydrogens (tertiary/aromatic N) is 3. The van der Waals surface area contributed by atoms with Crippen LogP contribution in [0.15, 0.2) is 18.2 Å². The minimum absolute atomic E-state index is 0.103. The number of piperazine rings is 1. The Bertz CT molecular complexity index is 823. The van der Waals surface area contributed by atoms with E-state index < -0.39 is 37.0 Å². The van der Waals surface area contributed by atoms with E-state index in [0.717, 1.165) is 4.90 Å². The Morgan fingerprint density at radius 1 is 1.12 bits per heavy atom. The summed E-state index contributed by atoms with van der Waals surface area (Å²) in [5.74, 6) is -3.69. The summed E-state index contributed by atoms with van der Waals surface area (Å²) in [5.41, 5.74) is 7.04. The molecule has 0 bridgehead atoms. The summed E-state index contributed by atoms with van der Waals surface area (Å²) in [4.78, 5) is 14.9. The lowest BCUT2D eigenvalue weighted by Gasteiger charge is -2.45. The molecule has 2 aliphatic heterocycles. The van der Waals surface area contributed by atoms with E-state index >= 15 is 0 Å². The number of anilines is 1. The highest BCUT2D eigenvalue weighted by Gasteiger charge is 2.62. The molecule has 180 valence electrons. The molecule has 1 aromatic carbocycles. The van der Waals surface area contributed by atoms with Crippen LogP contribution < -0.4 is 10.6 Å². The number of benzene rings is 1. The molecule has 3 N–H and O–H groups in total. The maximum atomic E-state index is 13.5. The van der Waals surface area contributed by atoms with Crippen LogP contribution in [0.25, 0.3) is 0 Å². The quantitative estimate of drug-likeness (QED) is 0.631. The van der Waals surface area contributed by atoms with E-state index in [-0.39, 0.29) is 25.7 Å². The molecule has 0 spiro atoms. The van der Waals surface area contributed by atoms with Crippen molar-refractivity contribution < 1.29 is 36.2 Å². The predicted molar refractivity (Wildman–Crippen MR) is 106 cm³/mol. The average Bonchev–Trinajstić information content (AvgIpc) is 3.08. The second-order valence-corrected chi connectivity index (χ2v) is 8.53. The number of carboxylic acid groups (broad SMARTS) is 1. The van der Waals surface area contributed by atoms with Gasteiger partial charge in [-0.05, 0) is 24.1 Å². The largest absolute Gasteiger partial charge is 0.465 e. The monoisotopic (exact) mass is 488 g/mol. The number of hydrogen-bond acceptors (Lipinski definition) is 4. The summed E-state index contributed by atoms with van der Waals surface area (Å²) in [7, 11) is 0. The van der Waals surface area contributed by atoms with Gasteiger partial charge in [-0.15, -0.1) is 0 Å². The van der Waals surface area contributed by atoms with Gasteiger partial charge in [-0.3, -0.25) is 4.90 Å². The molecule has 32 heavy (non-hydrogen) atoms. The van der Waals surface area contributed by atoms with Crippen molar-refractivity contribution in [2.24, 2.45) is 11.7 Å². The second-order valence-electron chi connectivity index (χ2n) is 8.10. The van der Waals surface area contributed by atoms with E-state index in [1.165, 1.54) is 6.07 Å². The van der Waals surface area contributed by atoms with E-state index in [0.29, 0.717) is 40.7 Å². The van der Waals surface area contributed by atoms with Gasteiger partial charge in [0.2, 0.25) is 0 Å². The van der Waals surface area contributed by atoms with Crippen LogP contribution in [-0.2, 0) is 6.54 Å². The third-order valence-corrected chi connectivity index (χ3v) is 6.12. The van der Waals surface area contributed by atoms with Crippen molar-refractivity contribution in [3.8, 4) is 0 Å². The van der Waals surface area contributed by atoms with Crippen molar-refractivity contribution in [3.05, 3.63) is 28.8 Å². The SMILES string of the molecule is NC1CCN(c2cc(Cl)ccc2CN2CCN(C(=O)O)CC2C(C(F)(F)F)C(F)(F)F)C1. The summed E-state index contributed by atoms with van der Waals surface area (Å²) in [6.07, 6.45) is -12.0. The van der Waals surface area contributed by atoms with Crippen molar-refractivity contribution in [1.29, 1.82) is 0 Å². The molecule has 6 nitrogen and oxygen atoms in total. The molecule has 1 amide bonds. The van der Waals surface area contributed by atoms with Crippen molar-refractivity contribution in [2.75, 3.05) is 37.6 Å². The highest BCUT2D eigenvalue weighted by atomic mass is 35.5. The normalized spacial score (nSPS) is 23.3. The minimum Gasteiger partial charge on any atom is -0.465 e. The van der Waals surface area contributed by atoms with Crippen molar-refractivity contribution in [2.45, 2.75) is 37.4 Å². The molecule has 3 rings (SSSR count). The lowest BCUT2D eigenvalue weighted by Crippen LogP contribution is -2.62. The van der Waals surface area contributed by atoms with Gasteiger partial charge >= 0.3 is 18.4 Å². The summed E-state index contributed by atoms with van der Waals surface area (Å²) < 4.78 is 81.1. The van der Waals surface area contributed by atoms with Crippen LogP contribution in [0.2, 0.25) is 5.02 Å². The molecule has 0 aromatic heterocycles. The Labute approximate surface area is 185 Å². The van der Waals surface area contributed by atoms with Gasteiger partial charge in [0.25, 0.3) is 0 Å². The lowest BCUT2D eigenvalue weighted by atomic mass is 9.93. The number of rotatable bonds is 4. The van der Waals surface area contributed by atoms with Gasteiger partial charge in [0.05, 0.1) is 0 Å². The molecule has 13 heteroatoms. The third kappa shape index (κ3) is 5.52. The smallest absolute Gasteiger partial charge is 0.407 e. The highest BCUT2D eigenvalue weighted by molar-refractivity contribution is 6.30. The first kappa shape index (κ1) is 24.7. The minimum atomic E-state index is -5.59. The van der Waals surface area contributed by atoms with Gasteiger partial charge < -0.3 is 20.6 Å². The predicted octanol–water partition coefficient (Wildman–Crippen LogP) is 3.78. The Morgan fingerprint density at radius 2 is 1.78 bits per heavy atom. The first-order valence-corrected chi connectivity index (χ1v) is 10.3. The van der Waals surface area contributed by atoms with Crippen molar-refractivity contribution in [1.82, 2.24) is 9.80 Å². The van der Waals surface area contributed by atoms with Crippen LogP contribution >= 0.6 is 11.6 Å². The third-order valence-electron chi connectivity index (χ3n) is 5.88. The van der Waals surface area contributed by atoms with Crippen LogP contribution in [0.4, 0.5) is 36.8 Å². The van der Waals surface area contributed by atoms with E-state index in [1.54, 1.807) is 12.1 Å². The number of amides is 1. The molecule has 2 atom stereocenters. The van der Waals surface area contributed by atoms with Gasteiger partial charge in [-0.2, -0.15) is 26.3 Å². The molecular weight excluding hydrogens is 466 g/mol. The molecule has 2 unspecified atom stereocenters. The van der Waals surface area contributed by atoms with Crippen molar-refractivity contribution >= 4 is 23.4 Å². The van der Waals surface area contributed by atoms with E-state index in [1.807, 2.05) is 4.90 Å². The molecule has 2 aliphatic rings. The fourth-order valence-corrected chi connectivity index (χ4v) is 4.51. The molecule has 2 fully saturated rings. The Morgan fingerprint density at radius 3 is 2.31 bits per heavy atom. The summed E-state index contributed by atoms with van der Waals surface area (Å²) in [5, 5.41) is 9.55. The van der Waals surface area contributed by atoms with Gasteiger partial charge in [0.15, 0.2) is 5.92 Å². The van der Waals surface area contributed by atoms with E-state index in [2.05, 4.69) is 0 Å². The zero-order chi connectivity index (χ0) is 23.8. The second kappa shape index (κ2) is 9.14.